The highest BCUT2D eigenvalue weighted by Gasteiger charge is 1.91. The first kappa shape index (κ1) is 6.25. The maximum Gasteiger partial charge on any atom is 0.176 e. The smallest absolute Gasteiger partial charge is 0.176 e. The molecule has 0 aliphatic carbocycles. The van der Waals surface area contributed by atoms with Crippen molar-refractivity contribution in [2.75, 3.05) is 6.61 Å². The number of nitrogens with one attached hydrogen (secondary N) is 1. The SMILES string of the molecule is C[C@@H](CO)NC#N. The van der Waals surface area contributed by atoms with Crippen LogP contribution >= 0.6 is 0 Å². The Kier molecular flexibility index (Phi) is 3.07. The predicted octanol–water partition coefficient (Wildman–Crippen LogP) is -0.562. The van der Waals surface area contributed by atoms with Gasteiger partial charge in [-0.15, -0.1) is 0 Å². The van der Waals surface area contributed by atoms with E-state index in [1.54, 1.807) is 13.1 Å². The average Bonchev–Trinajstić information content (AvgIpc) is 1.68. The summed E-state index contributed by atoms with van der Waals surface area (Å²) in [5.41, 5.74) is 0. The number of hydrogen-bond acceptors (Lipinski definition) is 3. The van der Waals surface area contributed by atoms with Crippen molar-refractivity contribution >= 4 is 0 Å². The van der Waals surface area contributed by atoms with Crippen LogP contribution in [0.4, 0.5) is 0 Å². The number of nitriles is 1. The van der Waals surface area contributed by atoms with Gasteiger partial charge in [0.2, 0.25) is 0 Å². The molecule has 0 spiro atoms. The Balaban J connectivity index is 3.03. The molecule has 40 valence electrons. The van der Waals surface area contributed by atoms with Crippen LogP contribution in [-0.4, -0.2) is 17.8 Å². The Bertz CT molecular complexity index is 76.2. The van der Waals surface area contributed by atoms with Gasteiger partial charge in [0.15, 0.2) is 6.19 Å². The second-order valence-corrected chi connectivity index (χ2v) is 1.34. The molecule has 0 unspecified atom stereocenters. The van der Waals surface area contributed by atoms with Gasteiger partial charge in [0.1, 0.15) is 0 Å². The minimum absolute atomic E-state index is 0.00750. The number of hydrogen-bond donors (Lipinski definition) is 2. The molecular formula is C4H8N2O. The van der Waals surface area contributed by atoms with Crippen molar-refractivity contribution in [2.45, 2.75) is 13.0 Å². The Labute approximate surface area is 42.6 Å². The van der Waals surface area contributed by atoms with Crippen LogP contribution in [0.2, 0.25) is 0 Å². The van der Waals surface area contributed by atoms with Gasteiger partial charge in [0, 0.05) is 0 Å². The number of aliphatic hydroxyl groups excluding tert-OH is 1. The van der Waals surface area contributed by atoms with Crippen molar-refractivity contribution in [3.63, 3.8) is 0 Å². The summed E-state index contributed by atoms with van der Waals surface area (Å²) in [6.45, 7) is 1.73. The predicted molar refractivity (Wildman–Crippen MR) is 25.3 cm³/mol. The zero-order valence-electron chi connectivity index (χ0n) is 4.18. The minimum atomic E-state index is -0.106. The molecule has 0 aliphatic rings. The second-order valence-electron chi connectivity index (χ2n) is 1.34. The number of rotatable bonds is 2. The first-order chi connectivity index (χ1) is 3.31. The van der Waals surface area contributed by atoms with E-state index in [-0.39, 0.29) is 12.6 Å². The molecule has 0 saturated carbocycles. The third-order valence-electron chi connectivity index (χ3n) is 0.585. The van der Waals surface area contributed by atoms with Gasteiger partial charge in [-0.25, -0.2) is 0 Å². The van der Waals surface area contributed by atoms with E-state index in [1.807, 2.05) is 0 Å². The molecule has 1 atom stereocenters. The van der Waals surface area contributed by atoms with Crippen molar-refractivity contribution in [3.8, 4) is 6.19 Å². The summed E-state index contributed by atoms with van der Waals surface area (Å²) in [4.78, 5) is 0. The van der Waals surface area contributed by atoms with Crippen LogP contribution in [0.3, 0.4) is 0 Å². The first-order valence-electron chi connectivity index (χ1n) is 2.06. The lowest BCUT2D eigenvalue weighted by Gasteiger charge is -2.00. The van der Waals surface area contributed by atoms with Crippen LogP contribution in [0, 0.1) is 11.5 Å². The summed E-state index contributed by atoms with van der Waals surface area (Å²) in [5, 5.41) is 18.5. The molecule has 0 aliphatic heterocycles. The van der Waals surface area contributed by atoms with E-state index in [0.717, 1.165) is 0 Å². The molecule has 2 N–H and O–H groups in total. The highest BCUT2D eigenvalue weighted by atomic mass is 16.3. The highest BCUT2D eigenvalue weighted by molar-refractivity contribution is 4.70. The Morgan fingerprint density at radius 1 is 2.00 bits per heavy atom. The third-order valence-corrected chi connectivity index (χ3v) is 0.585. The molecular weight excluding hydrogens is 92.1 g/mol. The molecule has 0 aromatic heterocycles. The van der Waals surface area contributed by atoms with Gasteiger partial charge in [-0.1, -0.05) is 0 Å². The zero-order valence-corrected chi connectivity index (χ0v) is 4.18. The third kappa shape index (κ3) is 3.07. The lowest BCUT2D eigenvalue weighted by Crippen LogP contribution is -2.24. The Morgan fingerprint density at radius 3 is 2.71 bits per heavy atom. The van der Waals surface area contributed by atoms with Crippen LogP contribution < -0.4 is 5.32 Å². The van der Waals surface area contributed by atoms with Gasteiger partial charge in [0.05, 0.1) is 12.6 Å². The van der Waals surface area contributed by atoms with Gasteiger partial charge in [0.25, 0.3) is 0 Å². The van der Waals surface area contributed by atoms with Crippen molar-refractivity contribution in [1.29, 1.82) is 5.26 Å². The second kappa shape index (κ2) is 3.44. The van der Waals surface area contributed by atoms with Gasteiger partial charge < -0.3 is 10.4 Å². The van der Waals surface area contributed by atoms with Gasteiger partial charge in [-0.2, -0.15) is 5.26 Å². The molecule has 3 heteroatoms. The zero-order chi connectivity index (χ0) is 5.70. The molecule has 0 bridgehead atoms. The number of nitrogens with zero attached hydrogens (tertiary/aromatic N) is 1. The molecule has 0 fully saturated rings. The van der Waals surface area contributed by atoms with E-state index >= 15 is 0 Å². The maximum atomic E-state index is 8.25. The van der Waals surface area contributed by atoms with E-state index < -0.39 is 0 Å². The van der Waals surface area contributed by atoms with Crippen LogP contribution in [0.5, 0.6) is 0 Å². The molecule has 0 radical (unpaired) electrons. The molecule has 0 heterocycles. The lowest BCUT2D eigenvalue weighted by atomic mass is 10.4. The van der Waals surface area contributed by atoms with Crippen LogP contribution in [0.25, 0.3) is 0 Å². The van der Waals surface area contributed by atoms with E-state index in [1.165, 1.54) is 0 Å². The van der Waals surface area contributed by atoms with Crippen molar-refractivity contribution in [1.82, 2.24) is 5.32 Å². The Hall–Kier alpha value is -0.750. The topological polar surface area (TPSA) is 56.0 Å². The minimum Gasteiger partial charge on any atom is -0.394 e. The normalized spacial score (nSPS) is 12.1. The van der Waals surface area contributed by atoms with E-state index in [2.05, 4.69) is 5.32 Å². The van der Waals surface area contributed by atoms with Gasteiger partial charge in [-0.3, -0.25) is 0 Å². The van der Waals surface area contributed by atoms with Crippen LogP contribution in [0.1, 0.15) is 6.92 Å². The molecule has 0 amide bonds. The molecule has 7 heavy (non-hydrogen) atoms. The summed E-state index contributed by atoms with van der Waals surface area (Å²) >= 11 is 0. The first-order valence-corrected chi connectivity index (χ1v) is 2.06. The monoisotopic (exact) mass is 100 g/mol. The Morgan fingerprint density at radius 2 is 2.57 bits per heavy atom. The van der Waals surface area contributed by atoms with Crippen molar-refractivity contribution < 1.29 is 5.11 Å². The van der Waals surface area contributed by atoms with E-state index in [9.17, 15) is 0 Å². The summed E-state index contributed by atoms with van der Waals surface area (Å²) in [6.07, 6.45) is 1.71. The highest BCUT2D eigenvalue weighted by Crippen LogP contribution is 1.71. The van der Waals surface area contributed by atoms with Gasteiger partial charge in [-0.05, 0) is 6.92 Å². The molecule has 0 rings (SSSR count). The quantitative estimate of drug-likeness (QED) is 0.361. The van der Waals surface area contributed by atoms with Crippen molar-refractivity contribution in [3.05, 3.63) is 0 Å². The maximum absolute atomic E-state index is 8.25. The van der Waals surface area contributed by atoms with Crippen LogP contribution in [0.15, 0.2) is 0 Å². The summed E-state index contributed by atoms with van der Waals surface area (Å²) in [5.74, 6) is 0. The molecule has 0 aromatic rings. The largest absolute Gasteiger partial charge is 0.394 e. The number of aliphatic hydroxyl groups is 1. The lowest BCUT2D eigenvalue weighted by molar-refractivity contribution is 0.262. The van der Waals surface area contributed by atoms with E-state index in [0.29, 0.717) is 0 Å². The van der Waals surface area contributed by atoms with Crippen molar-refractivity contribution in [2.24, 2.45) is 0 Å². The molecule has 0 saturated heterocycles. The average molecular weight is 100 g/mol. The van der Waals surface area contributed by atoms with E-state index in [4.69, 9.17) is 10.4 Å². The van der Waals surface area contributed by atoms with Crippen LogP contribution in [-0.2, 0) is 0 Å². The molecule has 0 aromatic carbocycles. The summed E-state index contributed by atoms with van der Waals surface area (Å²) in [6, 6.07) is -0.106. The molecule has 3 nitrogen and oxygen atoms in total. The fourth-order valence-electron chi connectivity index (χ4n) is 0.156. The standard InChI is InChI=1S/C4H8N2O/c1-4(2-7)6-3-5/h4,6-7H,2H2,1H3/t4-/m0/s1. The summed E-state index contributed by atoms with van der Waals surface area (Å²) in [7, 11) is 0. The summed E-state index contributed by atoms with van der Waals surface area (Å²) < 4.78 is 0. The fraction of sp³-hybridized carbons (Fsp3) is 0.750. The van der Waals surface area contributed by atoms with Gasteiger partial charge >= 0.3 is 0 Å². The fourth-order valence-corrected chi connectivity index (χ4v) is 0.156.